The molecule has 3 rings (SSSR count). The molecule has 0 saturated carbocycles. The van der Waals surface area contributed by atoms with Gasteiger partial charge in [-0.3, -0.25) is 4.79 Å². The van der Waals surface area contributed by atoms with E-state index in [0.717, 1.165) is 55.3 Å². The number of hydrogen-bond donors (Lipinski definition) is 1. The van der Waals surface area contributed by atoms with Gasteiger partial charge in [0.1, 0.15) is 5.75 Å². The monoisotopic (exact) mass is 367 g/mol. The van der Waals surface area contributed by atoms with E-state index in [-0.39, 0.29) is 5.91 Å². The Morgan fingerprint density at radius 3 is 2.56 bits per heavy atom. The molecule has 1 amide bonds. The first-order valence-electron chi connectivity index (χ1n) is 9.59. The Bertz CT molecular complexity index is 783. The number of rotatable bonds is 6. The Balaban J connectivity index is 1.61. The number of hydrogen-bond acceptors (Lipinski definition) is 4. The molecule has 5 heteroatoms. The number of anilines is 2. The summed E-state index contributed by atoms with van der Waals surface area (Å²) in [6.45, 7) is 9.69. The molecule has 0 aromatic heterocycles. The predicted octanol–water partition coefficient (Wildman–Crippen LogP) is 3.33. The molecule has 0 spiro atoms. The van der Waals surface area contributed by atoms with Gasteiger partial charge in [0, 0.05) is 37.6 Å². The Morgan fingerprint density at radius 1 is 1.11 bits per heavy atom. The van der Waals surface area contributed by atoms with E-state index in [2.05, 4.69) is 34.2 Å². The molecule has 1 fully saturated rings. The third-order valence-corrected chi connectivity index (χ3v) is 5.17. The largest absolute Gasteiger partial charge is 0.497 e. The van der Waals surface area contributed by atoms with Gasteiger partial charge in [-0.1, -0.05) is 19.1 Å². The van der Waals surface area contributed by atoms with Crippen LogP contribution in [-0.4, -0.2) is 50.6 Å². The minimum Gasteiger partial charge on any atom is -0.497 e. The van der Waals surface area contributed by atoms with E-state index in [9.17, 15) is 4.79 Å². The fourth-order valence-electron chi connectivity index (χ4n) is 3.47. The van der Waals surface area contributed by atoms with Crippen molar-refractivity contribution in [2.75, 3.05) is 50.1 Å². The number of amides is 1. The van der Waals surface area contributed by atoms with Gasteiger partial charge in [0.05, 0.1) is 13.5 Å². The number of methoxy groups -OCH3 is 1. The summed E-state index contributed by atoms with van der Waals surface area (Å²) < 4.78 is 5.22. The van der Waals surface area contributed by atoms with Crippen LogP contribution in [0.5, 0.6) is 5.75 Å². The highest BCUT2D eigenvalue weighted by molar-refractivity contribution is 5.93. The lowest BCUT2D eigenvalue weighted by molar-refractivity contribution is -0.115. The zero-order chi connectivity index (χ0) is 19.2. The van der Waals surface area contributed by atoms with Crippen molar-refractivity contribution in [2.45, 2.75) is 20.3 Å². The Hall–Kier alpha value is -2.53. The zero-order valence-electron chi connectivity index (χ0n) is 16.5. The van der Waals surface area contributed by atoms with Crippen LogP contribution in [-0.2, 0) is 11.2 Å². The summed E-state index contributed by atoms with van der Waals surface area (Å²) in [5.74, 6) is 0.750. The second kappa shape index (κ2) is 8.91. The number of benzene rings is 2. The molecule has 0 bridgehead atoms. The Kier molecular flexibility index (Phi) is 6.35. The molecule has 144 valence electrons. The average molecular weight is 367 g/mol. The highest BCUT2D eigenvalue weighted by Gasteiger charge is 2.16. The number of carbonyl (C=O) groups excluding carboxylic acids is 1. The summed E-state index contributed by atoms with van der Waals surface area (Å²) in [4.78, 5) is 17.3. The minimum absolute atomic E-state index is 0.0179. The standard InChI is InChI=1S/C22H29N3O2/c1-4-24-10-12-25(13-11-24)19-8-9-21(17(2)14-19)23-22(26)16-18-6-5-7-20(15-18)27-3/h5-9,14-15H,4,10-13,16H2,1-3H3,(H,23,26). The smallest absolute Gasteiger partial charge is 0.228 e. The lowest BCUT2D eigenvalue weighted by Gasteiger charge is -2.35. The van der Waals surface area contributed by atoms with Crippen molar-refractivity contribution < 1.29 is 9.53 Å². The molecule has 2 aromatic rings. The molecule has 0 unspecified atom stereocenters. The molecule has 27 heavy (non-hydrogen) atoms. The second-order valence-electron chi connectivity index (χ2n) is 7.00. The van der Waals surface area contributed by atoms with Gasteiger partial charge in [0.25, 0.3) is 0 Å². The summed E-state index contributed by atoms with van der Waals surface area (Å²) in [6.07, 6.45) is 0.331. The van der Waals surface area contributed by atoms with E-state index in [1.807, 2.05) is 37.3 Å². The first kappa shape index (κ1) is 19.2. The molecule has 1 aliphatic rings. The van der Waals surface area contributed by atoms with Gasteiger partial charge in [0.2, 0.25) is 5.91 Å². The van der Waals surface area contributed by atoms with E-state index in [1.165, 1.54) is 5.69 Å². The summed E-state index contributed by atoms with van der Waals surface area (Å²) in [5, 5.41) is 3.04. The van der Waals surface area contributed by atoms with E-state index in [0.29, 0.717) is 6.42 Å². The number of carbonyl (C=O) groups is 1. The second-order valence-corrected chi connectivity index (χ2v) is 7.00. The van der Waals surface area contributed by atoms with Crippen LogP contribution >= 0.6 is 0 Å². The van der Waals surface area contributed by atoms with Gasteiger partial charge in [-0.05, 0) is 54.9 Å². The summed E-state index contributed by atoms with van der Waals surface area (Å²) in [5.41, 5.74) is 4.13. The van der Waals surface area contributed by atoms with Crippen LogP contribution in [0.3, 0.4) is 0 Å². The topological polar surface area (TPSA) is 44.8 Å². The Morgan fingerprint density at radius 2 is 1.89 bits per heavy atom. The highest BCUT2D eigenvalue weighted by atomic mass is 16.5. The van der Waals surface area contributed by atoms with E-state index >= 15 is 0 Å². The van der Waals surface area contributed by atoms with Crippen LogP contribution in [0.15, 0.2) is 42.5 Å². The van der Waals surface area contributed by atoms with Crippen molar-refractivity contribution in [1.82, 2.24) is 4.90 Å². The molecule has 0 aliphatic carbocycles. The van der Waals surface area contributed by atoms with Crippen LogP contribution in [0, 0.1) is 6.92 Å². The predicted molar refractivity (Wildman–Crippen MR) is 111 cm³/mol. The lowest BCUT2D eigenvalue weighted by atomic mass is 10.1. The first-order chi connectivity index (χ1) is 13.1. The normalized spacial score (nSPS) is 14.9. The van der Waals surface area contributed by atoms with Gasteiger partial charge in [-0.25, -0.2) is 0 Å². The maximum Gasteiger partial charge on any atom is 0.228 e. The third-order valence-electron chi connectivity index (χ3n) is 5.17. The SMILES string of the molecule is CCN1CCN(c2ccc(NC(=O)Cc3cccc(OC)c3)c(C)c2)CC1. The van der Waals surface area contributed by atoms with Gasteiger partial charge in [-0.2, -0.15) is 0 Å². The highest BCUT2D eigenvalue weighted by Crippen LogP contribution is 2.24. The number of nitrogens with one attached hydrogen (secondary N) is 1. The number of ether oxygens (including phenoxy) is 1. The molecule has 1 heterocycles. The van der Waals surface area contributed by atoms with E-state index in [4.69, 9.17) is 4.74 Å². The van der Waals surface area contributed by atoms with Crippen LogP contribution in [0.1, 0.15) is 18.1 Å². The van der Waals surface area contributed by atoms with Gasteiger partial charge in [0.15, 0.2) is 0 Å². The molecule has 5 nitrogen and oxygen atoms in total. The molecule has 0 radical (unpaired) electrons. The zero-order valence-corrected chi connectivity index (χ0v) is 16.5. The van der Waals surface area contributed by atoms with Crippen LogP contribution < -0.4 is 15.0 Å². The van der Waals surface area contributed by atoms with E-state index < -0.39 is 0 Å². The Labute approximate surface area is 161 Å². The van der Waals surface area contributed by atoms with Crippen LogP contribution in [0.4, 0.5) is 11.4 Å². The van der Waals surface area contributed by atoms with Crippen molar-refractivity contribution in [3.8, 4) is 5.75 Å². The van der Waals surface area contributed by atoms with Crippen molar-refractivity contribution >= 4 is 17.3 Å². The maximum atomic E-state index is 12.4. The summed E-state index contributed by atoms with van der Waals surface area (Å²) >= 11 is 0. The van der Waals surface area contributed by atoms with Crippen molar-refractivity contribution in [2.24, 2.45) is 0 Å². The lowest BCUT2D eigenvalue weighted by Crippen LogP contribution is -2.46. The number of likely N-dealkylation sites (N-methyl/N-ethyl adjacent to an activating group) is 1. The molecule has 1 aliphatic heterocycles. The third kappa shape index (κ3) is 5.01. The number of nitrogens with zero attached hydrogens (tertiary/aromatic N) is 2. The maximum absolute atomic E-state index is 12.4. The average Bonchev–Trinajstić information content (AvgIpc) is 2.69. The van der Waals surface area contributed by atoms with Crippen molar-refractivity contribution in [3.63, 3.8) is 0 Å². The van der Waals surface area contributed by atoms with Crippen molar-refractivity contribution in [1.29, 1.82) is 0 Å². The quantitative estimate of drug-likeness (QED) is 0.851. The van der Waals surface area contributed by atoms with Gasteiger partial charge < -0.3 is 19.9 Å². The van der Waals surface area contributed by atoms with Crippen LogP contribution in [0.25, 0.3) is 0 Å². The fraction of sp³-hybridized carbons (Fsp3) is 0.409. The molecule has 1 N–H and O–H groups in total. The number of aryl methyl sites for hydroxylation is 1. The molecular formula is C22H29N3O2. The van der Waals surface area contributed by atoms with Crippen molar-refractivity contribution in [3.05, 3.63) is 53.6 Å². The molecule has 2 aromatic carbocycles. The number of piperazine rings is 1. The summed E-state index contributed by atoms with van der Waals surface area (Å²) in [7, 11) is 1.63. The first-order valence-corrected chi connectivity index (χ1v) is 9.59. The molecule has 0 atom stereocenters. The van der Waals surface area contributed by atoms with Gasteiger partial charge >= 0.3 is 0 Å². The van der Waals surface area contributed by atoms with E-state index in [1.54, 1.807) is 7.11 Å². The summed E-state index contributed by atoms with van der Waals surface area (Å²) in [6, 6.07) is 13.9. The fourth-order valence-corrected chi connectivity index (χ4v) is 3.47. The molecule has 1 saturated heterocycles. The molecular weight excluding hydrogens is 338 g/mol. The minimum atomic E-state index is -0.0179. The van der Waals surface area contributed by atoms with Crippen LogP contribution in [0.2, 0.25) is 0 Å². The van der Waals surface area contributed by atoms with Gasteiger partial charge in [-0.15, -0.1) is 0 Å².